The maximum atomic E-state index is 8.90. The SMILES string of the molecule is Oc1ccccc1.Oc1ccccc1.Oc1ccccc1P. The normalized spacial score (nSPS) is 8.77. The van der Waals surface area contributed by atoms with Gasteiger partial charge in [0.15, 0.2) is 0 Å². The Morgan fingerprint density at radius 3 is 1.09 bits per heavy atom. The van der Waals surface area contributed by atoms with Gasteiger partial charge in [-0.15, -0.1) is 9.24 Å². The summed E-state index contributed by atoms with van der Waals surface area (Å²) in [5, 5.41) is 27.0. The summed E-state index contributed by atoms with van der Waals surface area (Å²) in [5.41, 5.74) is 0. The van der Waals surface area contributed by atoms with E-state index in [0.717, 1.165) is 5.30 Å². The van der Waals surface area contributed by atoms with E-state index < -0.39 is 0 Å². The number of rotatable bonds is 0. The Bertz CT molecular complexity index is 584. The van der Waals surface area contributed by atoms with Crippen LogP contribution >= 0.6 is 9.24 Å². The lowest BCUT2D eigenvalue weighted by Crippen LogP contribution is -1.86. The van der Waals surface area contributed by atoms with Crippen molar-refractivity contribution in [3.8, 4) is 17.2 Å². The number of hydrogen-bond donors (Lipinski definition) is 3. The van der Waals surface area contributed by atoms with Crippen LogP contribution in [0.3, 0.4) is 0 Å². The van der Waals surface area contributed by atoms with Crippen LogP contribution in [0, 0.1) is 0 Å². The molecule has 3 aromatic rings. The lowest BCUT2D eigenvalue weighted by molar-refractivity contribution is 0.475. The second-order valence-electron chi connectivity index (χ2n) is 4.23. The third-order valence-corrected chi connectivity index (χ3v) is 2.94. The van der Waals surface area contributed by atoms with Gasteiger partial charge in [0.1, 0.15) is 17.2 Å². The van der Waals surface area contributed by atoms with Crippen LogP contribution in [0.5, 0.6) is 17.2 Å². The Morgan fingerprint density at radius 1 is 0.500 bits per heavy atom. The van der Waals surface area contributed by atoms with Gasteiger partial charge in [0.25, 0.3) is 0 Å². The van der Waals surface area contributed by atoms with Crippen LogP contribution in [-0.2, 0) is 0 Å². The molecule has 0 saturated carbocycles. The Morgan fingerprint density at radius 2 is 0.864 bits per heavy atom. The maximum absolute atomic E-state index is 8.90. The molecular weight excluding hydrogens is 295 g/mol. The fraction of sp³-hybridized carbons (Fsp3) is 0. The van der Waals surface area contributed by atoms with Crippen molar-refractivity contribution in [3.05, 3.63) is 84.9 Å². The molecule has 0 aliphatic rings. The Labute approximate surface area is 132 Å². The van der Waals surface area contributed by atoms with Crippen LogP contribution in [0.15, 0.2) is 84.9 Å². The molecule has 4 heteroatoms. The molecule has 3 aromatic carbocycles. The van der Waals surface area contributed by atoms with Gasteiger partial charge in [-0.25, -0.2) is 0 Å². The molecule has 22 heavy (non-hydrogen) atoms. The summed E-state index contributed by atoms with van der Waals surface area (Å²) in [4.78, 5) is 0. The zero-order valence-electron chi connectivity index (χ0n) is 12.0. The fourth-order valence-electron chi connectivity index (χ4n) is 1.34. The van der Waals surface area contributed by atoms with E-state index in [1.54, 1.807) is 60.7 Å². The molecule has 0 aliphatic carbocycles. The van der Waals surface area contributed by atoms with Gasteiger partial charge in [-0.1, -0.05) is 54.6 Å². The smallest absolute Gasteiger partial charge is 0.122 e. The molecule has 1 unspecified atom stereocenters. The monoisotopic (exact) mass is 314 g/mol. The highest BCUT2D eigenvalue weighted by Crippen LogP contribution is 2.05. The standard InChI is InChI=1S/C6H7OP.2C6H6O/c7-5-3-1-2-4-6(5)8;2*7-6-4-2-1-3-5-6/h1-4,7H,8H2;2*1-5,7H. The first kappa shape index (κ1) is 17.5. The van der Waals surface area contributed by atoms with Crippen LogP contribution in [0.4, 0.5) is 0 Å². The largest absolute Gasteiger partial charge is 0.508 e. The molecule has 1 atom stereocenters. The van der Waals surface area contributed by atoms with E-state index in [1.807, 2.05) is 24.3 Å². The molecule has 0 fully saturated rings. The number of phenols is 3. The summed E-state index contributed by atoms with van der Waals surface area (Å²) in [6.45, 7) is 0. The van der Waals surface area contributed by atoms with Crippen molar-refractivity contribution in [3.63, 3.8) is 0 Å². The second-order valence-corrected chi connectivity index (χ2v) is 4.85. The summed E-state index contributed by atoms with van der Waals surface area (Å²) < 4.78 is 0. The molecule has 0 aromatic heterocycles. The summed E-state index contributed by atoms with van der Waals surface area (Å²) in [5.74, 6) is 0.975. The molecule has 0 saturated heterocycles. The third-order valence-electron chi connectivity index (χ3n) is 2.45. The van der Waals surface area contributed by atoms with E-state index in [-0.39, 0.29) is 0 Å². The van der Waals surface area contributed by atoms with Gasteiger partial charge in [0, 0.05) is 5.30 Å². The molecule has 114 valence electrons. The molecule has 0 bridgehead atoms. The Balaban J connectivity index is 0.000000166. The lowest BCUT2D eigenvalue weighted by atomic mass is 10.3. The van der Waals surface area contributed by atoms with Gasteiger partial charge in [0.2, 0.25) is 0 Å². The first-order chi connectivity index (χ1) is 10.6. The van der Waals surface area contributed by atoms with Gasteiger partial charge < -0.3 is 15.3 Å². The van der Waals surface area contributed by atoms with E-state index in [1.165, 1.54) is 0 Å². The van der Waals surface area contributed by atoms with Crippen molar-refractivity contribution >= 4 is 14.5 Å². The molecule has 3 nitrogen and oxygen atoms in total. The minimum atomic E-state index is 0.322. The molecule has 0 heterocycles. The summed E-state index contributed by atoms with van der Waals surface area (Å²) in [6.07, 6.45) is 0. The van der Waals surface area contributed by atoms with Crippen molar-refractivity contribution < 1.29 is 15.3 Å². The highest BCUT2D eigenvalue weighted by Gasteiger charge is 1.87. The van der Waals surface area contributed by atoms with Gasteiger partial charge in [-0.3, -0.25) is 0 Å². The van der Waals surface area contributed by atoms with Crippen molar-refractivity contribution in [1.29, 1.82) is 0 Å². The van der Waals surface area contributed by atoms with Crippen molar-refractivity contribution in [2.45, 2.75) is 0 Å². The van der Waals surface area contributed by atoms with E-state index in [2.05, 4.69) is 9.24 Å². The minimum Gasteiger partial charge on any atom is -0.508 e. The first-order valence-electron chi connectivity index (χ1n) is 6.61. The van der Waals surface area contributed by atoms with E-state index >= 15 is 0 Å². The molecule has 3 N–H and O–H groups in total. The fourth-order valence-corrected chi connectivity index (χ4v) is 1.55. The van der Waals surface area contributed by atoms with E-state index in [9.17, 15) is 0 Å². The summed E-state index contributed by atoms with van der Waals surface area (Å²) >= 11 is 0. The first-order valence-corrected chi connectivity index (χ1v) is 7.19. The zero-order chi connectivity index (χ0) is 16.2. The molecule has 0 radical (unpaired) electrons. The average molecular weight is 314 g/mol. The third kappa shape index (κ3) is 7.93. The molecule has 0 spiro atoms. The molecule has 0 amide bonds. The van der Waals surface area contributed by atoms with Crippen LogP contribution in [-0.4, -0.2) is 15.3 Å². The topological polar surface area (TPSA) is 60.7 Å². The van der Waals surface area contributed by atoms with Crippen molar-refractivity contribution in [2.75, 3.05) is 0 Å². The van der Waals surface area contributed by atoms with Gasteiger partial charge >= 0.3 is 0 Å². The van der Waals surface area contributed by atoms with Crippen LogP contribution < -0.4 is 5.30 Å². The van der Waals surface area contributed by atoms with Crippen LogP contribution in [0.25, 0.3) is 0 Å². The van der Waals surface area contributed by atoms with E-state index in [4.69, 9.17) is 15.3 Å². The number of hydrogen-bond acceptors (Lipinski definition) is 3. The van der Waals surface area contributed by atoms with Gasteiger partial charge in [0.05, 0.1) is 0 Å². The molecular formula is C18H19O3P. The quantitative estimate of drug-likeness (QED) is 0.555. The Kier molecular flexibility index (Phi) is 8.17. The second kappa shape index (κ2) is 10.3. The van der Waals surface area contributed by atoms with Crippen molar-refractivity contribution in [1.82, 2.24) is 0 Å². The van der Waals surface area contributed by atoms with E-state index in [0.29, 0.717) is 17.2 Å². The molecule has 0 aliphatic heterocycles. The predicted molar refractivity (Wildman–Crippen MR) is 93.7 cm³/mol. The maximum Gasteiger partial charge on any atom is 0.122 e. The minimum absolute atomic E-state index is 0.322. The average Bonchev–Trinajstić information content (AvgIpc) is 2.53. The highest BCUT2D eigenvalue weighted by atomic mass is 31.0. The summed E-state index contributed by atoms with van der Waals surface area (Å²) in [6, 6.07) is 24.6. The predicted octanol–water partition coefficient (Wildman–Crippen LogP) is 3.68. The van der Waals surface area contributed by atoms with Gasteiger partial charge in [-0.2, -0.15) is 0 Å². The van der Waals surface area contributed by atoms with Gasteiger partial charge in [-0.05, 0) is 30.3 Å². The number of para-hydroxylation sites is 3. The Hall–Kier alpha value is -2.51. The number of benzene rings is 3. The molecule has 3 rings (SSSR count). The van der Waals surface area contributed by atoms with Crippen LogP contribution in [0.2, 0.25) is 0 Å². The zero-order valence-corrected chi connectivity index (χ0v) is 13.2. The highest BCUT2D eigenvalue weighted by molar-refractivity contribution is 7.27. The van der Waals surface area contributed by atoms with Crippen molar-refractivity contribution in [2.24, 2.45) is 0 Å². The number of aromatic hydroxyl groups is 3. The lowest BCUT2D eigenvalue weighted by Gasteiger charge is -1.92. The number of phenolic OH excluding ortho intramolecular Hbond substituents is 3. The summed E-state index contributed by atoms with van der Waals surface area (Å²) in [7, 11) is 2.44. The van der Waals surface area contributed by atoms with Crippen LogP contribution in [0.1, 0.15) is 0 Å².